The molecule has 0 radical (unpaired) electrons. The molecule has 0 aliphatic carbocycles. The lowest BCUT2D eigenvalue weighted by Crippen LogP contribution is -2.23. The average molecular weight is 363 g/mol. The highest BCUT2D eigenvalue weighted by Crippen LogP contribution is 2.18. The van der Waals surface area contributed by atoms with Gasteiger partial charge in [0.15, 0.2) is 5.65 Å². The Hall–Kier alpha value is -3.18. The van der Waals surface area contributed by atoms with Crippen LogP contribution in [-0.4, -0.2) is 20.4 Å². The number of imidazole rings is 1. The molecule has 0 unspecified atom stereocenters. The van der Waals surface area contributed by atoms with Crippen molar-refractivity contribution in [3.05, 3.63) is 89.3 Å². The van der Waals surface area contributed by atoms with Gasteiger partial charge in [-0.3, -0.25) is 9.36 Å². The summed E-state index contributed by atoms with van der Waals surface area (Å²) in [6.45, 7) is 0.373. The van der Waals surface area contributed by atoms with Crippen molar-refractivity contribution in [2.75, 3.05) is 0 Å². The maximum absolute atomic E-state index is 12.5. The van der Waals surface area contributed by atoms with Gasteiger partial charge in [-0.2, -0.15) is 0 Å². The molecule has 1 amide bonds. The number of fused-ring (bicyclic) bond motifs is 1. The van der Waals surface area contributed by atoms with Crippen LogP contribution in [0, 0.1) is 0 Å². The molecular weight excluding hydrogens is 348 g/mol. The van der Waals surface area contributed by atoms with E-state index < -0.39 is 0 Å². The molecule has 4 rings (SSSR count). The number of pyridine rings is 1. The van der Waals surface area contributed by atoms with Gasteiger partial charge in [-0.05, 0) is 42.0 Å². The number of hydrogen-bond donors (Lipinski definition) is 1. The first-order valence-corrected chi connectivity index (χ1v) is 8.50. The highest BCUT2D eigenvalue weighted by Gasteiger charge is 2.10. The molecule has 2 aromatic carbocycles. The minimum Gasteiger partial charge on any atom is -0.348 e. The summed E-state index contributed by atoms with van der Waals surface area (Å²) in [5, 5.41) is 3.54. The average Bonchev–Trinajstić information content (AvgIpc) is 3.11. The first-order chi connectivity index (χ1) is 12.7. The molecule has 1 N–H and O–H groups in total. The zero-order valence-electron chi connectivity index (χ0n) is 13.8. The second kappa shape index (κ2) is 6.98. The van der Waals surface area contributed by atoms with Crippen LogP contribution in [-0.2, 0) is 6.54 Å². The summed E-state index contributed by atoms with van der Waals surface area (Å²) in [5.41, 5.74) is 3.83. The van der Waals surface area contributed by atoms with Crippen molar-refractivity contribution in [1.82, 2.24) is 19.9 Å². The number of nitrogens with one attached hydrogen (secondary N) is 1. The molecule has 128 valence electrons. The Morgan fingerprint density at radius 3 is 2.81 bits per heavy atom. The highest BCUT2D eigenvalue weighted by atomic mass is 35.5. The molecule has 6 heteroatoms. The number of aromatic nitrogens is 3. The zero-order chi connectivity index (χ0) is 17.9. The van der Waals surface area contributed by atoms with Gasteiger partial charge in [0.1, 0.15) is 11.8 Å². The Balaban J connectivity index is 1.57. The SMILES string of the molecule is O=C(NCc1ccccc1Cl)c1cccc(-n2cnc3cccnc32)c1. The lowest BCUT2D eigenvalue weighted by molar-refractivity contribution is 0.0951. The summed E-state index contributed by atoms with van der Waals surface area (Å²) in [6, 6.07) is 18.6. The quantitative estimate of drug-likeness (QED) is 0.596. The number of carbonyl (C=O) groups excluding carboxylic acids is 1. The topological polar surface area (TPSA) is 59.8 Å². The van der Waals surface area contributed by atoms with Gasteiger partial charge in [0.25, 0.3) is 5.91 Å². The van der Waals surface area contributed by atoms with Crippen molar-refractivity contribution in [1.29, 1.82) is 0 Å². The summed E-state index contributed by atoms with van der Waals surface area (Å²) in [7, 11) is 0. The van der Waals surface area contributed by atoms with Crippen LogP contribution in [0.5, 0.6) is 0 Å². The maximum atomic E-state index is 12.5. The molecule has 5 nitrogen and oxygen atoms in total. The molecule has 2 heterocycles. The van der Waals surface area contributed by atoms with Gasteiger partial charge in [0.2, 0.25) is 0 Å². The molecule has 2 aromatic heterocycles. The maximum Gasteiger partial charge on any atom is 0.251 e. The number of carbonyl (C=O) groups is 1. The fourth-order valence-corrected chi connectivity index (χ4v) is 2.96. The second-order valence-corrected chi connectivity index (χ2v) is 6.19. The Morgan fingerprint density at radius 2 is 1.92 bits per heavy atom. The predicted molar refractivity (Wildman–Crippen MR) is 101 cm³/mol. The van der Waals surface area contributed by atoms with E-state index in [1.54, 1.807) is 24.7 Å². The van der Waals surface area contributed by atoms with Crippen molar-refractivity contribution in [2.45, 2.75) is 6.54 Å². The molecule has 0 saturated heterocycles. The van der Waals surface area contributed by atoms with Crippen LogP contribution >= 0.6 is 11.6 Å². The van der Waals surface area contributed by atoms with Crippen LogP contribution in [0.15, 0.2) is 73.2 Å². The number of hydrogen-bond acceptors (Lipinski definition) is 3. The minimum atomic E-state index is -0.163. The predicted octanol–water partition coefficient (Wildman–Crippen LogP) is 4.00. The van der Waals surface area contributed by atoms with Gasteiger partial charge in [-0.15, -0.1) is 0 Å². The first-order valence-electron chi connectivity index (χ1n) is 8.12. The lowest BCUT2D eigenvalue weighted by Gasteiger charge is -2.09. The molecule has 0 aliphatic rings. The van der Waals surface area contributed by atoms with Gasteiger partial charge in [0, 0.05) is 29.0 Å². The van der Waals surface area contributed by atoms with Gasteiger partial charge in [-0.1, -0.05) is 35.9 Å². The molecular formula is C20H15ClN4O. The fraction of sp³-hybridized carbons (Fsp3) is 0.0500. The number of halogens is 1. The van der Waals surface area contributed by atoms with Gasteiger partial charge >= 0.3 is 0 Å². The molecule has 4 aromatic rings. The monoisotopic (exact) mass is 362 g/mol. The van der Waals surface area contributed by atoms with E-state index in [9.17, 15) is 4.79 Å². The molecule has 0 aliphatic heterocycles. The van der Waals surface area contributed by atoms with E-state index in [1.807, 2.05) is 53.1 Å². The van der Waals surface area contributed by atoms with Crippen molar-refractivity contribution in [3.63, 3.8) is 0 Å². The standard InChI is InChI=1S/C20H15ClN4O/c21-17-8-2-1-5-15(17)12-23-20(26)14-6-3-7-16(11-14)25-13-24-18-9-4-10-22-19(18)25/h1-11,13H,12H2,(H,23,26). The number of amides is 1. The Morgan fingerprint density at radius 1 is 1.04 bits per heavy atom. The number of nitrogens with zero attached hydrogens (tertiary/aromatic N) is 3. The molecule has 0 spiro atoms. The van der Waals surface area contributed by atoms with E-state index >= 15 is 0 Å². The molecule has 0 atom stereocenters. The Bertz CT molecular complexity index is 1090. The van der Waals surface area contributed by atoms with Gasteiger partial charge in [-0.25, -0.2) is 9.97 Å². The zero-order valence-corrected chi connectivity index (χ0v) is 14.5. The van der Waals surface area contributed by atoms with Crippen LogP contribution in [0.3, 0.4) is 0 Å². The summed E-state index contributed by atoms with van der Waals surface area (Å²) < 4.78 is 1.86. The summed E-state index contributed by atoms with van der Waals surface area (Å²) in [4.78, 5) is 21.2. The molecule has 26 heavy (non-hydrogen) atoms. The molecule has 0 bridgehead atoms. The van der Waals surface area contributed by atoms with E-state index in [1.165, 1.54) is 0 Å². The summed E-state index contributed by atoms with van der Waals surface area (Å²) in [6.07, 6.45) is 3.43. The largest absolute Gasteiger partial charge is 0.348 e. The third kappa shape index (κ3) is 3.17. The highest BCUT2D eigenvalue weighted by molar-refractivity contribution is 6.31. The Labute approximate surface area is 155 Å². The third-order valence-corrected chi connectivity index (χ3v) is 4.46. The normalized spacial score (nSPS) is 10.8. The minimum absolute atomic E-state index is 0.163. The van der Waals surface area contributed by atoms with E-state index in [4.69, 9.17) is 11.6 Å². The molecule has 0 saturated carbocycles. The smallest absolute Gasteiger partial charge is 0.251 e. The van der Waals surface area contributed by atoms with E-state index in [0.717, 1.165) is 22.4 Å². The fourth-order valence-electron chi connectivity index (χ4n) is 2.75. The molecule has 0 fully saturated rings. The first kappa shape index (κ1) is 16.3. The van der Waals surface area contributed by atoms with Crippen LogP contribution in [0.4, 0.5) is 0 Å². The van der Waals surface area contributed by atoms with Crippen LogP contribution in [0.25, 0.3) is 16.9 Å². The van der Waals surface area contributed by atoms with Crippen molar-refractivity contribution in [2.24, 2.45) is 0 Å². The number of benzene rings is 2. The lowest BCUT2D eigenvalue weighted by atomic mass is 10.1. The van der Waals surface area contributed by atoms with Crippen LogP contribution in [0.2, 0.25) is 5.02 Å². The van der Waals surface area contributed by atoms with E-state index in [2.05, 4.69) is 15.3 Å². The van der Waals surface area contributed by atoms with Crippen molar-refractivity contribution in [3.8, 4) is 5.69 Å². The summed E-state index contributed by atoms with van der Waals surface area (Å²) >= 11 is 6.13. The third-order valence-electron chi connectivity index (χ3n) is 4.09. The second-order valence-electron chi connectivity index (χ2n) is 5.79. The van der Waals surface area contributed by atoms with Gasteiger partial charge in [0.05, 0.1) is 0 Å². The Kier molecular flexibility index (Phi) is 4.37. The van der Waals surface area contributed by atoms with E-state index in [-0.39, 0.29) is 5.91 Å². The van der Waals surface area contributed by atoms with Crippen LogP contribution < -0.4 is 5.32 Å². The van der Waals surface area contributed by atoms with Crippen molar-refractivity contribution < 1.29 is 4.79 Å². The van der Waals surface area contributed by atoms with Crippen LogP contribution in [0.1, 0.15) is 15.9 Å². The van der Waals surface area contributed by atoms with E-state index in [0.29, 0.717) is 17.1 Å². The van der Waals surface area contributed by atoms with Gasteiger partial charge < -0.3 is 5.32 Å². The van der Waals surface area contributed by atoms with Crippen molar-refractivity contribution >= 4 is 28.7 Å². The number of rotatable bonds is 4. The summed E-state index contributed by atoms with van der Waals surface area (Å²) in [5.74, 6) is -0.163.